The summed E-state index contributed by atoms with van der Waals surface area (Å²) in [5.41, 5.74) is 4.69. The minimum atomic E-state index is -0.246. The van der Waals surface area contributed by atoms with Gasteiger partial charge in [-0.3, -0.25) is 5.43 Å². The van der Waals surface area contributed by atoms with Crippen molar-refractivity contribution in [3.8, 4) is 0 Å². The van der Waals surface area contributed by atoms with Crippen molar-refractivity contribution < 1.29 is 4.39 Å². The molecule has 114 valence electrons. The first-order chi connectivity index (χ1) is 11.3. The van der Waals surface area contributed by atoms with Crippen molar-refractivity contribution in [3.05, 3.63) is 60.0 Å². The number of nitrogens with zero attached hydrogens (tertiary/aromatic N) is 3. The summed E-state index contributed by atoms with van der Waals surface area (Å²) in [7, 11) is 0. The molecule has 1 aliphatic rings. The number of halogens is 1. The first-order valence-electron chi connectivity index (χ1n) is 7.27. The molecule has 0 aliphatic carbocycles. The number of anilines is 1. The zero-order valence-electron chi connectivity index (χ0n) is 12.2. The van der Waals surface area contributed by atoms with Crippen molar-refractivity contribution >= 4 is 34.1 Å². The number of nitrogens with one attached hydrogen (secondary N) is 1. The van der Waals surface area contributed by atoms with E-state index in [9.17, 15) is 4.39 Å². The smallest absolute Gasteiger partial charge is 0.176 e. The minimum absolute atomic E-state index is 0.246. The third kappa shape index (κ3) is 2.77. The Morgan fingerprint density at radius 3 is 3.04 bits per heavy atom. The SMILES string of the molecule is Fc1ccc2c(c1)/C(=N\Nc1nncc3ccccc13)CCS2. The van der Waals surface area contributed by atoms with E-state index < -0.39 is 0 Å². The van der Waals surface area contributed by atoms with Gasteiger partial charge < -0.3 is 0 Å². The maximum absolute atomic E-state index is 13.5. The van der Waals surface area contributed by atoms with Crippen LogP contribution >= 0.6 is 11.8 Å². The summed E-state index contributed by atoms with van der Waals surface area (Å²) >= 11 is 1.72. The predicted octanol–water partition coefficient (Wildman–Crippen LogP) is 4.08. The zero-order valence-corrected chi connectivity index (χ0v) is 13.0. The van der Waals surface area contributed by atoms with Gasteiger partial charge in [0, 0.05) is 33.4 Å². The molecular formula is C17H13FN4S. The van der Waals surface area contributed by atoms with Gasteiger partial charge in [0.1, 0.15) is 5.82 Å². The van der Waals surface area contributed by atoms with Gasteiger partial charge >= 0.3 is 0 Å². The van der Waals surface area contributed by atoms with E-state index in [1.165, 1.54) is 12.1 Å². The molecule has 0 radical (unpaired) electrons. The van der Waals surface area contributed by atoms with E-state index in [0.29, 0.717) is 5.82 Å². The fraction of sp³-hybridized carbons (Fsp3) is 0.118. The van der Waals surface area contributed by atoms with Crippen molar-refractivity contribution in [2.24, 2.45) is 5.10 Å². The largest absolute Gasteiger partial charge is 0.259 e. The van der Waals surface area contributed by atoms with Crippen LogP contribution in [-0.2, 0) is 0 Å². The molecule has 0 saturated carbocycles. The highest BCUT2D eigenvalue weighted by molar-refractivity contribution is 7.99. The standard InChI is InChI=1S/C17H13FN4S/c18-12-5-6-16-14(9-12)15(7-8-23-16)20-22-17-13-4-2-1-3-11(13)10-19-21-17/h1-6,9-10H,7-8H2,(H,21,22)/b20-15-. The fourth-order valence-electron chi connectivity index (χ4n) is 2.59. The van der Waals surface area contributed by atoms with Gasteiger partial charge in [-0.2, -0.15) is 10.2 Å². The molecule has 6 heteroatoms. The lowest BCUT2D eigenvalue weighted by Gasteiger charge is -2.17. The third-order valence-electron chi connectivity index (χ3n) is 3.72. The second-order valence-electron chi connectivity index (χ2n) is 5.19. The normalized spacial score (nSPS) is 15.6. The maximum Gasteiger partial charge on any atom is 0.176 e. The van der Waals surface area contributed by atoms with Crippen LogP contribution in [0.1, 0.15) is 12.0 Å². The molecule has 0 unspecified atom stereocenters. The molecule has 0 atom stereocenters. The summed E-state index contributed by atoms with van der Waals surface area (Å²) in [6.07, 6.45) is 2.50. The van der Waals surface area contributed by atoms with Gasteiger partial charge in [0.25, 0.3) is 0 Å². The monoisotopic (exact) mass is 324 g/mol. The van der Waals surface area contributed by atoms with Gasteiger partial charge in [-0.1, -0.05) is 24.3 Å². The number of thioether (sulfide) groups is 1. The Bertz CT molecular complexity index is 905. The molecule has 1 aromatic heterocycles. The summed E-state index contributed by atoms with van der Waals surface area (Å²) in [6, 6.07) is 12.7. The van der Waals surface area contributed by atoms with Crippen molar-refractivity contribution in [3.63, 3.8) is 0 Å². The van der Waals surface area contributed by atoms with Crippen molar-refractivity contribution in [2.75, 3.05) is 11.2 Å². The number of fused-ring (bicyclic) bond motifs is 2. The van der Waals surface area contributed by atoms with Crippen LogP contribution < -0.4 is 5.43 Å². The predicted molar refractivity (Wildman–Crippen MR) is 91.4 cm³/mol. The lowest BCUT2D eigenvalue weighted by molar-refractivity contribution is 0.626. The third-order valence-corrected chi connectivity index (χ3v) is 4.79. The quantitative estimate of drug-likeness (QED) is 0.722. The van der Waals surface area contributed by atoms with Crippen LogP contribution in [0, 0.1) is 5.82 Å². The molecule has 0 amide bonds. The Labute approximate surface area is 136 Å². The Morgan fingerprint density at radius 2 is 2.09 bits per heavy atom. The molecular weight excluding hydrogens is 311 g/mol. The highest BCUT2D eigenvalue weighted by Crippen LogP contribution is 2.31. The van der Waals surface area contributed by atoms with E-state index in [-0.39, 0.29) is 5.82 Å². The van der Waals surface area contributed by atoms with E-state index in [1.54, 1.807) is 18.0 Å². The number of hydrazone groups is 1. The number of hydrogen-bond donors (Lipinski definition) is 1. The topological polar surface area (TPSA) is 50.2 Å². The summed E-state index contributed by atoms with van der Waals surface area (Å²) in [5.74, 6) is 1.29. The molecule has 4 nitrogen and oxygen atoms in total. The summed E-state index contributed by atoms with van der Waals surface area (Å²) in [4.78, 5) is 1.06. The molecule has 4 rings (SSSR count). The highest BCUT2D eigenvalue weighted by atomic mass is 32.2. The first-order valence-corrected chi connectivity index (χ1v) is 8.25. The van der Waals surface area contributed by atoms with Crippen LogP contribution in [-0.4, -0.2) is 21.7 Å². The minimum Gasteiger partial charge on any atom is -0.259 e. The lowest BCUT2D eigenvalue weighted by atomic mass is 10.1. The van der Waals surface area contributed by atoms with Gasteiger partial charge in [-0.25, -0.2) is 4.39 Å². The molecule has 23 heavy (non-hydrogen) atoms. The molecule has 3 aromatic rings. The van der Waals surface area contributed by atoms with Crippen molar-refractivity contribution in [1.29, 1.82) is 0 Å². The first kappa shape index (κ1) is 14.1. The second kappa shape index (κ2) is 5.96. The summed E-state index contributed by atoms with van der Waals surface area (Å²) in [6.45, 7) is 0. The molecule has 0 saturated heterocycles. The Kier molecular flexibility index (Phi) is 3.67. The number of rotatable bonds is 2. The molecule has 0 bridgehead atoms. The molecule has 2 aromatic carbocycles. The number of hydrogen-bond acceptors (Lipinski definition) is 5. The number of aromatic nitrogens is 2. The second-order valence-corrected chi connectivity index (χ2v) is 6.33. The molecule has 1 aliphatic heterocycles. The van der Waals surface area contributed by atoms with Gasteiger partial charge in [0.05, 0.1) is 11.9 Å². The van der Waals surface area contributed by atoms with E-state index >= 15 is 0 Å². The molecule has 2 heterocycles. The zero-order chi connectivity index (χ0) is 15.6. The van der Waals surface area contributed by atoms with Crippen LogP contribution in [0.2, 0.25) is 0 Å². The Hall–Kier alpha value is -2.47. The average molecular weight is 324 g/mol. The van der Waals surface area contributed by atoms with Crippen LogP contribution in [0.25, 0.3) is 10.8 Å². The Balaban J connectivity index is 1.71. The van der Waals surface area contributed by atoms with Gasteiger partial charge in [0.2, 0.25) is 0 Å². The fourth-order valence-corrected chi connectivity index (χ4v) is 3.60. The van der Waals surface area contributed by atoms with Crippen molar-refractivity contribution in [1.82, 2.24) is 10.2 Å². The lowest BCUT2D eigenvalue weighted by Crippen LogP contribution is -2.12. The maximum atomic E-state index is 13.5. The van der Waals surface area contributed by atoms with Crippen LogP contribution in [0.3, 0.4) is 0 Å². The highest BCUT2D eigenvalue weighted by Gasteiger charge is 2.17. The summed E-state index contributed by atoms with van der Waals surface area (Å²) < 4.78 is 13.5. The van der Waals surface area contributed by atoms with E-state index in [4.69, 9.17) is 0 Å². The van der Waals surface area contributed by atoms with E-state index in [2.05, 4.69) is 20.7 Å². The van der Waals surface area contributed by atoms with Crippen molar-refractivity contribution in [2.45, 2.75) is 11.3 Å². The van der Waals surface area contributed by atoms with Crippen LogP contribution in [0.4, 0.5) is 10.2 Å². The Morgan fingerprint density at radius 1 is 1.17 bits per heavy atom. The van der Waals surface area contributed by atoms with Gasteiger partial charge in [-0.15, -0.1) is 16.9 Å². The van der Waals surface area contributed by atoms with Crippen LogP contribution in [0.15, 0.2) is 58.7 Å². The van der Waals surface area contributed by atoms with E-state index in [1.807, 2.05) is 30.3 Å². The molecule has 0 fully saturated rings. The molecule has 0 spiro atoms. The van der Waals surface area contributed by atoms with E-state index in [0.717, 1.165) is 39.1 Å². The average Bonchev–Trinajstić information content (AvgIpc) is 2.60. The van der Waals surface area contributed by atoms with Gasteiger partial charge in [-0.05, 0) is 18.2 Å². The molecule has 1 N–H and O–H groups in total. The number of benzene rings is 2. The van der Waals surface area contributed by atoms with Gasteiger partial charge in [0.15, 0.2) is 5.82 Å². The van der Waals surface area contributed by atoms with Crippen LogP contribution in [0.5, 0.6) is 0 Å². The summed E-state index contributed by atoms with van der Waals surface area (Å²) in [5, 5.41) is 14.5.